The Kier molecular flexibility index (Phi) is 6.37. The molecule has 1 heterocycles. The Morgan fingerprint density at radius 2 is 1.68 bits per heavy atom. The van der Waals surface area contributed by atoms with Gasteiger partial charge in [-0.05, 0) is 39.2 Å². The van der Waals surface area contributed by atoms with Gasteiger partial charge in [0.05, 0.1) is 18.0 Å². The minimum Gasteiger partial charge on any atom is -0.443 e. The molecule has 5 heteroatoms. The predicted octanol–water partition coefficient (Wildman–Crippen LogP) is 5.11. The van der Waals surface area contributed by atoms with Gasteiger partial charge in [-0.1, -0.05) is 60.7 Å². The lowest BCUT2D eigenvalue weighted by molar-refractivity contribution is 0.0330. The Labute approximate surface area is 166 Å². The van der Waals surface area contributed by atoms with Crippen LogP contribution >= 0.6 is 0 Å². The molecule has 3 rings (SSSR count). The van der Waals surface area contributed by atoms with Crippen LogP contribution in [0, 0.1) is 0 Å². The summed E-state index contributed by atoms with van der Waals surface area (Å²) in [6, 6.07) is 19.9. The molecule has 0 aliphatic carbocycles. The van der Waals surface area contributed by atoms with Crippen molar-refractivity contribution in [3.05, 3.63) is 77.5 Å². The number of carbonyl (C=O) groups excluding carboxylic acids is 1. The molecule has 0 radical (unpaired) electrons. The summed E-state index contributed by atoms with van der Waals surface area (Å²) in [4.78, 5) is 20.2. The molecular formula is C23H28N2O3. The van der Waals surface area contributed by atoms with Gasteiger partial charge < -0.3 is 4.74 Å². The number of hydrogen-bond donors (Lipinski definition) is 1. The maximum Gasteiger partial charge on any atom is 0.414 e. The van der Waals surface area contributed by atoms with Gasteiger partial charge in [0.25, 0.3) is 0 Å². The van der Waals surface area contributed by atoms with E-state index < -0.39 is 5.60 Å². The first-order valence-electron chi connectivity index (χ1n) is 9.65. The number of hydrogen-bond acceptors (Lipinski definition) is 4. The summed E-state index contributed by atoms with van der Waals surface area (Å²) in [6.07, 6.45) is 1.36. The van der Waals surface area contributed by atoms with Crippen molar-refractivity contribution in [2.45, 2.75) is 45.8 Å². The molecule has 1 aliphatic heterocycles. The van der Waals surface area contributed by atoms with Crippen molar-refractivity contribution in [3.63, 3.8) is 0 Å². The molecule has 0 spiro atoms. The van der Waals surface area contributed by atoms with Gasteiger partial charge in [-0.3, -0.25) is 15.2 Å². The Morgan fingerprint density at radius 3 is 2.32 bits per heavy atom. The molecule has 0 aromatic heterocycles. The van der Waals surface area contributed by atoms with Crippen LogP contribution in [0.5, 0.6) is 0 Å². The SMILES string of the molecule is CC(C)(C)OC(=O)N1CCCC1=C(NOCc1ccccc1)c1ccccc1. The number of nitrogens with zero attached hydrogens (tertiary/aromatic N) is 1. The Balaban J connectivity index is 1.83. The maximum atomic E-state index is 12.7. The van der Waals surface area contributed by atoms with Crippen molar-refractivity contribution < 1.29 is 14.4 Å². The van der Waals surface area contributed by atoms with E-state index in [2.05, 4.69) is 5.48 Å². The first-order chi connectivity index (χ1) is 13.4. The van der Waals surface area contributed by atoms with Crippen molar-refractivity contribution in [1.82, 2.24) is 10.4 Å². The van der Waals surface area contributed by atoms with Gasteiger partial charge in [-0.2, -0.15) is 0 Å². The second-order valence-corrected chi connectivity index (χ2v) is 7.80. The van der Waals surface area contributed by atoms with Gasteiger partial charge in [0.1, 0.15) is 5.60 Å². The molecule has 0 atom stereocenters. The highest BCUT2D eigenvalue weighted by Gasteiger charge is 2.30. The van der Waals surface area contributed by atoms with Crippen LogP contribution in [-0.4, -0.2) is 23.1 Å². The zero-order valence-electron chi connectivity index (χ0n) is 16.8. The van der Waals surface area contributed by atoms with Gasteiger partial charge >= 0.3 is 6.09 Å². The lowest BCUT2D eigenvalue weighted by atomic mass is 10.1. The van der Waals surface area contributed by atoms with Gasteiger partial charge in [0, 0.05) is 12.1 Å². The van der Waals surface area contributed by atoms with Crippen LogP contribution in [0.15, 0.2) is 66.4 Å². The fraction of sp³-hybridized carbons (Fsp3) is 0.348. The van der Waals surface area contributed by atoms with Crippen LogP contribution < -0.4 is 5.48 Å². The number of rotatable bonds is 5. The van der Waals surface area contributed by atoms with Crippen molar-refractivity contribution >= 4 is 11.8 Å². The lowest BCUT2D eigenvalue weighted by Crippen LogP contribution is -2.35. The molecule has 1 aliphatic rings. The molecule has 1 amide bonds. The van der Waals surface area contributed by atoms with E-state index in [-0.39, 0.29) is 6.09 Å². The summed E-state index contributed by atoms with van der Waals surface area (Å²) in [5, 5.41) is 0. The fourth-order valence-corrected chi connectivity index (χ4v) is 3.11. The zero-order valence-corrected chi connectivity index (χ0v) is 16.8. The second kappa shape index (κ2) is 8.93. The van der Waals surface area contributed by atoms with E-state index in [0.29, 0.717) is 13.2 Å². The van der Waals surface area contributed by atoms with Crippen LogP contribution in [0.1, 0.15) is 44.7 Å². The monoisotopic (exact) mass is 380 g/mol. The minimum absolute atomic E-state index is 0.321. The van der Waals surface area contributed by atoms with E-state index in [9.17, 15) is 4.79 Å². The van der Waals surface area contributed by atoms with Crippen molar-refractivity contribution in [3.8, 4) is 0 Å². The Morgan fingerprint density at radius 1 is 1.04 bits per heavy atom. The summed E-state index contributed by atoms with van der Waals surface area (Å²) in [5.74, 6) is 0. The molecule has 1 N–H and O–H groups in total. The molecule has 2 aromatic carbocycles. The van der Waals surface area contributed by atoms with E-state index >= 15 is 0 Å². The Hall–Kier alpha value is -2.79. The summed E-state index contributed by atoms with van der Waals surface area (Å²) < 4.78 is 5.60. The number of allylic oxidation sites excluding steroid dienone is 1. The fourth-order valence-electron chi connectivity index (χ4n) is 3.11. The van der Waals surface area contributed by atoms with E-state index in [0.717, 1.165) is 35.4 Å². The van der Waals surface area contributed by atoms with Crippen molar-refractivity contribution in [1.29, 1.82) is 0 Å². The molecular weight excluding hydrogens is 352 g/mol. The molecule has 5 nitrogen and oxygen atoms in total. The molecule has 0 bridgehead atoms. The highest BCUT2D eigenvalue weighted by molar-refractivity contribution is 5.76. The molecule has 0 saturated carbocycles. The minimum atomic E-state index is -0.533. The molecule has 1 fully saturated rings. The predicted molar refractivity (Wildman–Crippen MR) is 110 cm³/mol. The zero-order chi connectivity index (χ0) is 20.0. The molecule has 148 valence electrons. The Bertz CT molecular complexity index is 811. The van der Waals surface area contributed by atoms with Crippen LogP contribution in [0.4, 0.5) is 4.79 Å². The van der Waals surface area contributed by atoms with Gasteiger partial charge in [0.2, 0.25) is 0 Å². The number of benzene rings is 2. The van der Waals surface area contributed by atoms with Crippen LogP contribution in [0.25, 0.3) is 5.70 Å². The molecule has 0 unspecified atom stereocenters. The topological polar surface area (TPSA) is 50.8 Å². The normalized spacial score (nSPS) is 16.0. The third-order valence-corrected chi connectivity index (χ3v) is 4.34. The molecule has 2 aromatic rings. The van der Waals surface area contributed by atoms with E-state index in [1.54, 1.807) is 4.90 Å². The standard InChI is InChI=1S/C23H28N2O3/c1-23(2,3)28-22(26)25-16-10-15-20(25)21(19-13-8-5-9-14-19)24-27-17-18-11-6-4-7-12-18/h4-9,11-14,24H,10,15-17H2,1-3H3. The largest absolute Gasteiger partial charge is 0.443 e. The number of hydroxylamine groups is 1. The second-order valence-electron chi connectivity index (χ2n) is 7.80. The van der Waals surface area contributed by atoms with Gasteiger partial charge in [0.15, 0.2) is 0 Å². The van der Waals surface area contributed by atoms with Crippen LogP contribution in [0.3, 0.4) is 0 Å². The molecule has 1 saturated heterocycles. The first kappa shape index (κ1) is 20.0. The lowest BCUT2D eigenvalue weighted by Gasteiger charge is -2.26. The third-order valence-electron chi connectivity index (χ3n) is 4.34. The van der Waals surface area contributed by atoms with Gasteiger partial charge in [-0.25, -0.2) is 4.79 Å². The maximum absolute atomic E-state index is 12.7. The summed E-state index contributed by atoms with van der Waals surface area (Å²) in [6.45, 7) is 6.70. The van der Waals surface area contributed by atoms with Crippen LogP contribution in [-0.2, 0) is 16.2 Å². The first-order valence-corrected chi connectivity index (χ1v) is 9.65. The number of amides is 1. The van der Waals surface area contributed by atoms with Crippen molar-refractivity contribution in [2.75, 3.05) is 6.54 Å². The van der Waals surface area contributed by atoms with E-state index in [1.165, 1.54) is 0 Å². The smallest absolute Gasteiger partial charge is 0.414 e. The highest BCUT2D eigenvalue weighted by atomic mass is 16.6. The number of carbonyl (C=O) groups is 1. The van der Waals surface area contributed by atoms with Crippen molar-refractivity contribution in [2.24, 2.45) is 0 Å². The average Bonchev–Trinajstić information content (AvgIpc) is 3.15. The van der Waals surface area contributed by atoms with Crippen LogP contribution in [0.2, 0.25) is 0 Å². The number of ether oxygens (including phenoxy) is 1. The summed E-state index contributed by atoms with van der Waals surface area (Å²) in [5.41, 5.74) is 6.32. The quantitative estimate of drug-likeness (QED) is 0.733. The number of nitrogens with one attached hydrogen (secondary N) is 1. The molecule has 28 heavy (non-hydrogen) atoms. The summed E-state index contributed by atoms with van der Waals surface area (Å²) >= 11 is 0. The van der Waals surface area contributed by atoms with E-state index in [4.69, 9.17) is 9.57 Å². The van der Waals surface area contributed by atoms with Gasteiger partial charge in [-0.15, -0.1) is 0 Å². The highest BCUT2D eigenvalue weighted by Crippen LogP contribution is 2.30. The average molecular weight is 380 g/mol. The third kappa shape index (κ3) is 5.36. The number of likely N-dealkylation sites (tertiary alicyclic amines) is 1. The van der Waals surface area contributed by atoms with E-state index in [1.807, 2.05) is 81.4 Å². The summed E-state index contributed by atoms with van der Waals surface area (Å²) in [7, 11) is 0.